The number of aryl methyl sites for hydroxylation is 2. The number of amides is 1. The fourth-order valence-electron chi connectivity index (χ4n) is 3.67. The first-order valence-electron chi connectivity index (χ1n) is 10.2. The molecule has 1 fully saturated rings. The van der Waals surface area contributed by atoms with Gasteiger partial charge < -0.3 is 4.74 Å². The third kappa shape index (κ3) is 5.02. The van der Waals surface area contributed by atoms with E-state index in [1.165, 1.54) is 17.7 Å². The molecular weight excluding hydrogens is 419 g/mol. The van der Waals surface area contributed by atoms with E-state index in [1.54, 1.807) is 40.1 Å². The van der Waals surface area contributed by atoms with Crippen molar-refractivity contribution in [3.8, 4) is 0 Å². The number of benzene rings is 2. The molecule has 0 spiro atoms. The number of thiazole rings is 1. The average molecular weight is 445 g/mol. The molecule has 4 nitrogen and oxygen atoms in total. The number of fused-ring (bicyclic) bond motifs is 1. The van der Waals surface area contributed by atoms with Crippen LogP contribution in [0.3, 0.4) is 0 Å². The van der Waals surface area contributed by atoms with E-state index >= 15 is 0 Å². The molecule has 4 rings (SSSR count). The molecule has 1 amide bonds. The van der Waals surface area contributed by atoms with Crippen LogP contribution in [0.5, 0.6) is 0 Å². The first-order valence-corrected chi connectivity index (χ1v) is 12.0. The number of anilines is 1. The summed E-state index contributed by atoms with van der Waals surface area (Å²) in [6.07, 6.45) is 2.46. The quantitative estimate of drug-likeness (QED) is 0.436. The zero-order chi connectivity index (χ0) is 21.1. The normalized spacial score (nSPS) is 16.3. The minimum Gasteiger partial charge on any atom is -0.376 e. The van der Waals surface area contributed by atoms with Crippen molar-refractivity contribution in [2.45, 2.75) is 44.1 Å². The highest BCUT2D eigenvalue weighted by Gasteiger charge is 2.26. The second kappa shape index (κ2) is 9.45. The van der Waals surface area contributed by atoms with Crippen LogP contribution in [-0.4, -0.2) is 35.9 Å². The molecule has 0 saturated carbocycles. The van der Waals surface area contributed by atoms with Gasteiger partial charge in [-0.2, -0.15) is 0 Å². The van der Waals surface area contributed by atoms with Crippen molar-refractivity contribution >= 4 is 44.4 Å². The number of nitrogens with zero attached hydrogens (tertiary/aromatic N) is 2. The Morgan fingerprint density at radius 2 is 2.10 bits per heavy atom. The van der Waals surface area contributed by atoms with Crippen molar-refractivity contribution in [3.05, 3.63) is 53.3 Å². The summed E-state index contributed by atoms with van der Waals surface area (Å²) in [4.78, 5) is 20.7. The highest BCUT2D eigenvalue weighted by Crippen LogP contribution is 2.33. The third-order valence-electron chi connectivity index (χ3n) is 5.16. The Morgan fingerprint density at radius 1 is 1.30 bits per heavy atom. The first kappa shape index (κ1) is 21.3. The van der Waals surface area contributed by atoms with E-state index in [2.05, 4.69) is 26.0 Å². The molecule has 0 N–H and O–H groups in total. The van der Waals surface area contributed by atoms with Crippen LogP contribution in [0.25, 0.3) is 10.2 Å². The van der Waals surface area contributed by atoms with E-state index in [0.717, 1.165) is 45.3 Å². The fraction of sp³-hybridized carbons (Fsp3) is 0.391. The Balaban J connectivity index is 1.50. The van der Waals surface area contributed by atoms with Crippen LogP contribution in [0.2, 0.25) is 0 Å². The number of carbonyl (C=O) groups excluding carboxylic acids is 1. The smallest absolute Gasteiger partial charge is 0.229 e. The van der Waals surface area contributed by atoms with E-state index in [0.29, 0.717) is 18.7 Å². The molecule has 1 aromatic heterocycles. The molecule has 158 valence electrons. The summed E-state index contributed by atoms with van der Waals surface area (Å²) in [5.41, 5.74) is 3.29. The largest absolute Gasteiger partial charge is 0.376 e. The predicted molar refractivity (Wildman–Crippen MR) is 122 cm³/mol. The van der Waals surface area contributed by atoms with Crippen molar-refractivity contribution in [2.75, 3.05) is 23.8 Å². The maximum absolute atomic E-state index is 13.2. The van der Waals surface area contributed by atoms with Crippen molar-refractivity contribution in [2.24, 2.45) is 0 Å². The van der Waals surface area contributed by atoms with Gasteiger partial charge in [0.2, 0.25) is 5.91 Å². The fourth-order valence-corrected chi connectivity index (χ4v) is 5.68. The molecule has 1 aliphatic heterocycles. The lowest BCUT2D eigenvalue weighted by molar-refractivity contribution is -0.118. The number of carbonyl (C=O) groups is 1. The van der Waals surface area contributed by atoms with Gasteiger partial charge in [-0.05, 0) is 68.1 Å². The Hall–Kier alpha value is -1.96. The summed E-state index contributed by atoms with van der Waals surface area (Å²) in [6, 6.07) is 10.6. The van der Waals surface area contributed by atoms with E-state index in [9.17, 15) is 9.18 Å². The summed E-state index contributed by atoms with van der Waals surface area (Å²) in [6.45, 7) is 5.43. The van der Waals surface area contributed by atoms with E-state index in [4.69, 9.17) is 9.72 Å². The van der Waals surface area contributed by atoms with Crippen LogP contribution < -0.4 is 4.90 Å². The molecule has 1 unspecified atom stereocenters. The molecule has 1 saturated heterocycles. The number of halogens is 1. The van der Waals surface area contributed by atoms with Crippen molar-refractivity contribution < 1.29 is 13.9 Å². The van der Waals surface area contributed by atoms with Gasteiger partial charge in [-0.1, -0.05) is 17.4 Å². The summed E-state index contributed by atoms with van der Waals surface area (Å²) in [5.74, 6) is 0.434. The molecule has 2 heterocycles. The topological polar surface area (TPSA) is 42.4 Å². The van der Waals surface area contributed by atoms with Gasteiger partial charge in [-0.15, -0.1) is 11.8 Å². The highest BCUT2D eigenvalue weighted by atomic mass is 32.2. The van der Waals surface area contributed by atoms with Crippen LogP contribution >= 0.6 is 23.1 Å². The summed E-state index contributed by atoms with van der Waals surface area (Å²) in [5, 5.41) is 0.742. The lowest BCUT2D eigenvalue weighted by Gasteiger charge is -2.23. The SMILES string of the molecule is Cc1cc(C)c2nc(N(CC3CCCO3)C(=O)CCSc3ccc(F)cc3)sc2c1. The van der Waals surface area contributed by atoms with Gasteiger partial charge in [0, 0.05) is 23.7 Å². The van der Waals surface area contributed by atoms with Gasteiger partial charge in [0.25, 0.3) is 0 Å². The maximum atomic E-state index is 13.2. The van der Waals surface area contributed by atoms with Gasteiger partial charge in [0.15, 0.2) is 5.13 Å². The van der Waals surface area contributed by atoms with Crippen LogP contribution in [0, 0.1) is 19.7 Å². The van der Waals surface area contributed by atoms with Crippen molar-refractivity contribution in [1.82, 2.24) is 4.98 Å². The number of thioether (sulfide) groups is 1. The maximum Gasteiger partial charge on any atom is 0.229 e. The summed E-state index contributed by atoms with van der Waals surface area (Å²) < 4.78 is 20.0. The molecule has 3 aromatic rings. The standard InChI is InChI=1S/C23H25FN2O2S2/c1-15-12-16(2)22-20(13-15)30-23(25-22)26(14-18-4-3-10-28-18)21(27)9-11-29-19-7-5-17(24)6-8-19/h5-8,12-13,18H,3-4,9-11,14H2,1-2H3. The number of rotatable bonds is 7. The van der Waals surface area contributed by atoms with Crippen LogP contribution in [0.15, 0.2) is 41.3 Å². The lowest BCUT2D eigenvalue weighted by Crippen LogP contribution is -2.37. The molecule has 1 aliphatic rings. The number of hydrogen-bond acceptors (Lipinski definition) is 5. The molecule has 1 atom stereocenters. The average Bonchev–Trinajstić information content (AvgIpc) is 3.37. The summed E-state index contributed by atoms with van der Waals surface area (Å²) in [7, 11) is 0. The van der Waals surface area contributed by atoms with Crippen LogP contribution in [-0.2, 0) is 9.53 Å². The number of ether oxygens (including phenoxy) is 1. The van der Waals surface area contributed by atoms with E-state index < -0.39 is 0 Å². The van der Waals surface area contributed by atoms with E-state index in [-0.39, 0.29) is 17.8 Å². The van der Waals surface area contributed by atoms with Crippen molar-refractivity contribution in [1.29, 1.82) is 0 Å². The molecule has 7 heteroatoms. The van der Waals surface area contributed by atoms with Gasteiger partial charge in [-0.25, -0.2) is 9.37 Å². The number of hydrogen-bond donors (Lipinski definition) is 0. The second-order valence-corrected chi connectivity index (χ2v) is 9.79. The predicted octanol–water partition coefficient (Wildman–Crippen LogP) is 5.75. The molecule has 0 aliphatic carbocycles. The Kier molecular flexibility index (Phi) is 6.71. The van der Waals surface area contributed by atoms with Crippen molar-refractivity contribution in [3.63, 3.8) is 0 Å². The van der Waals surface area contributed by atoms with Crippen LogP contribution in [0.4, 0.5) is 9.52 Å². The number of aromatic nitrogens is 1. The second-order valence-electron chi connectivity index (χ2n) is 7.62. The molecule has 2 aromatic carbocycles. The van der Waals surface area contributed by atoms with E-state index in [1.807, 2.05) is 0 Å². The van der Waals surface area contributed by atoms with Gasteiger partial charge in [0.1, 0.15) is 5.82 Å². The lowest BCUT2D eigenvalue weighted by atomic mass is 10.1. The van der Waals surface area contributed by atoms with Gasteiger partial charge in [-0.3, -0.25) is 9.69 Å². The molecular formula is C23H25FN2O2S2. The van der Waals surface area contributed by atoms with Gasteiger partial charge >= 0.3 is 0 Å². The summed E-state index contributed by atoms with van der Waals surface area (Å²) >= 11 is 3.13. The highest BCUT2D eigenvalue weighted by molar-refractivity contribution is 7.99. The minimum absolute atomic E-state index is 0.0496. The molecule has 0 bridgehead atoms. The Bertz CT molecular complexity index is 1030. The molecule has 30 heavy (non-hydrogen) atoms. The zero-order valence-corrected chi connectivity index (χ0v) is 18.8. The monoisotopic (exact) mass is 444 g/mol. The van der Waals surface area contributed by atoms with Gasteiger partial charge in [0.05, 0.1) is 22.9 Å². The van der Waals surface area contributed by atoms with Crippen LogP contribution in [0.1, 0.15) is 30.4 Å². The zero-order valence-electron chi connectivity index (χ0n) is 17.2. The Morgan fingerprint density at radius 3 is 2.83 bits per heavy atom. The first-order chi connectivity index (χ1) is 14.5. The third-order valence-corrected chi connectivity index (χ3v) is 7.20. The Labute approximate surface area is 184 Å². The molecule has 0 radical (unpaired) electrons. The minimum atomic E-state index is -0.250.